The zero-order chi connectivity index (χ0) is 12.7. The number of para-hydroxylation sites is 1. The van der Waals surface area contributed by atoms with Crippen LogP contribution < -0.4 is 16.4 Å². The second kappa shape index (κ2) is 6.62. The molecule has 1 aromatic carbocycles. The predicted octanol–water partition coefficient (Wildman–Crippen LogP) is -0.808. The Kier molecular flexibility index (Phi) is 5.12. The van der Waals surface area contributed by atoms with Gasteiger partial charge in [-0.25, -0.2) is 0 Å². The molecule has 0 heterocycles. The highest BCUT2D eigenvalue weighted by Gasteiger charge is 2.06. The van der Waals surface area contributed by atoms with Gasteiger partial charge in [-0.1, -0.05) is 18.2 Å². The molecule has 6 heteroatoms. The molecule has 0 saturated heterocycles. The number of nitrogens with two attached hydrogens (primary N) is 1. The van der Waals surface area contributed by atoms with E-state index in [1.165, 1.54) is 0 Å². The van der Waals surface area contributed by atoms with Crippen molar-refractivity contribution in [1.29, 1.82) is 0 Å². The largest absolute Gasteiger partial charge is 0.392 e. The van der Waals surface area contributed by atoms with Crippen LogP contribution in [0, 0.1) is 0 Å². The maximum absolute atomic E-state index is 11.5. The van der Waals surface area contributed by atoms with Gasteiger partial charge in [0.2, 0.25) is 11.8 Å². The number of hydrogen-bond acceptors (Lipinski definition) is 4. The molecular formula is C11H15N3O3. The Morgan fingerprint density at radius 1 is 1.24 bits per heavy atom. The molecule has 1 rings (SSSR count). The molecule has 0 unspecified atom stereocenters. The summed E-state index contributed by atoms with van der Waals surface area (Å²) in [5.74, 6) is -0.761. The number of hydrogen-bond donors (Lipinski definition) is 4. The predicted molar refractivity (Wildman–Crippen MR) is 63.1 cm³/mol. The van der Waals surface area contributed by atoms with Crippen LogP contribution in [0.15, 0.2) is 24.3 Å². The SMILES string of the molecule is NCC(=O)NCC(=O)Nc1ccccc1CO. The molecule has 5 N–H and O–H groups in total. The van der Waals surface area contributed by atoms with E-state index < -0.39 is 5.91 Å². The minimum Gasteiger partial charge on any atom is -0.392 e. The van der Waals surface area contributed by atoms with E-state index in [-0.39, 0.29) is 25.6 Å². The number of benzene rings is 1. The zero-order valence-electron chi connectivity index (χ0n) is 9.27. The monoisotopic (exact) mass is 237 g/mol. The number of aliphatic hydroxyl groups is 1. The van der Waals surface area contributed by atoms with Crippen molar-refractivity contribution in [2.45, 2.75) is 6.61 Å². The molecule has 0 aromatic heterocycles. The molecule has 17 heavy (non-hydrogen) atoms. The highest BCUT2D eigenvalue weighted by atomic mass is 16.3. The Bertz CT molecular complexity index is 407. The van der Waals surface area contributed by atoms with E-state index in [1.807, 2.05) is 0 Å². The molecule has 6 nitrogen and oxygen atoms in total. The fourth-order valence-corrected chi connectivity index (χ4v) is 1.23. The van der Waals surface area contributed by atoms with Crippen molar-refractivity contribution in [2.24, 2.45) is 5.73 Å². The number of amides is 2. The summed E-state index contributed by atoms with van der Waals surface area (Å²) < 4.78 is 0. The molecule has 0 aliphatic rings. The van der Waals surface area contributed by atoms with Crippen molar-refractivity contribution in [3.8, 4) is 0 Å². The first kappa shape index (κ1) is 13.1. The van der Waals surface area contributed by atoms with Gasteiger partial charge in [-0.3, -0.25) is 9.59 Å². The zero-order valence-corrected chi connectivity index (χ0v) is 9.27. The molecule has 1 aromatic rings. The lowest BCUT2D eigenvalue weighted by Crippen LogP contribution is -2.36. The molecular weight excluding hydrogens is 222 g/mol. The van der Waals surface area contributed by atoms with Crippen molar-refractivity contribution in [3.63, 3.8) is 0 Å². The Labute approximate surface area is 98.8 Å². The number of nitrogens with one attached hydrogen (secondary N) is 2. The van der Waals surface area contributed by atoms with Crippen LogP contribution in [-0.2, 0) is 16.2 Å². The second-order valence-corrected chi connectivity index (χ2v) is 3.34. The van der Waals surface area contributed by atoms with Crippen LogP contribution in [-0.4, -0.2) is 30.0 Å². The summed E-state index contributed by atoms with van der Waals surface area (Å²) >= 11 is 0. The van der Waals surface area contributed by atoms with Crippen molar-refractivity contribution < 1.29 is 14.7 Å². The Morgan fingerprint density at radius 3 is 2.59 bits per heavy atom. The first-order valence-electron chi connectivity index (χ1n) is 5.12. The summed E-state index contributed by atoms with van der Waals surface area (Å²) in [5, 5.41) is 14.0. The maximum Gasteiger partial charge on any atom is 0.243 e. The van der Waals surface area contributed by atoms with Crippen molar-refractivity contribution in [2.75, 3.05) is 18.4 Å². The lowest BCUT2D eigenvalue weighted by Gasteiger charge is -2.09. The van der Waals surface area contributed by atoms with Crippen LogP contribution >= 0.6 is 0 Å². The molecule has 0 spiro atoms. The lowest BCUT2D eigenvalue weighted by atomic mass is 10.2. The van der Waals surface area contributed by atoms with Gasteiger partial charge in [0.15, 0.2) is 0 Å². The van der Waals surface area contributed by atoms with Gasteiger partial charge in [0.05, 0.1) is 19.7 Å². The standard InChI is InChI=1S/C11H15N3O3/c12-5-10(16)13-6-11(17)14-9-4-2-1-3-8(9)7-15/h1-4,15H,5-7,12H2,(H,13,16)(H,14,17). The number of carbonyl (C=O) groups excluding carboxylic acids is 2. The maximum atomic E-state index is 11.5. The van der Waals surface area contributed by atoms with E-state index in [2.05, 4.69) is 10.6 Å². The van der Waals surface area contributed by atoms with Gasteiger partial charge in [0.1, 0.15) is 0 Å². The first-order valence-corrected chi connectivity index (χ1v) is 5.12. The van der Waals surface area contributed by atoms with Gasteiger partial charge in [-0.15, -0.1) is 0 Å². The third-order valence-corrected chi connectivity index (χ3v) is 2.09. The second-order valence-electron chi connectivity index (χ2n) is 3.34. The van der Waals surface area contributed by atoms with Gasteiger partial charge in [0, 0.05) is 11.3 Å². The Balaban J connectivity index is 2.53. The fraction of sp³-hybridized carbons (Fsp3) is 0.273. The van der Waals surface area contributed by atoms with Crippen LogP contribution in [0.3, 0.4) is 0 Å². The minimum atomic E-state index is -0.393. The van der Waals surface area contributed by atoms with Crippen LogP contribution in [0.5, 0.6) is 0 Å². The van der Waals surface area contributed by atoms with Crippen LogP contribution in [0.1, 0.15) is 5.56 Å². The van der Waals surface area contributed by atoms with Crippen LogP contribution in [0.4, 0.5) is 5.69 Å². The molecule has 0 saturated carbocycles. The molecule has 92 valence electrons. The molecule has 2 amide bonds. The van der Waals surface area contributed by atoms with Crippen LogP contribution in [0.2, 0.25) is 0 Å². The summed E-state index contributed by atoms with van der Waals surface area (Å²) in [7, 11) is 0. The van der Waals surface area contributed by atoms with Gasteiger partial charge in [-0.05, 0) is 6.07 Å². The molecule has 0 bridgehead atoms. The smallest absolute Gasteiger partial charge is 0.243 e. The van der Waals surface area contributed by atoms with E-state index in [1.54, 1.807) is 24.3 Å². The normalized spacial score (nSPS) is 9.76. The van der Waals surface area contributed by atoms with Crippen LogP contribution in [0.25, 0.3) is 0 Å². The van der Waals surface area contributed by atoms with E-state index >= 15 is 0 Å². The summed E-state index contributed by atoms with van der Waals surface area (Å²) in [6.07, 6.45) is 0. The van der Waals surface area contributed by atoms with Crippen molar-refractivity contribution >= 4 is 17.5 Å². The Morgan fingerprint density at radius 2 is 1.94 bits per heavy atom. The summed E-state index contributed by atoms with van der Waals surface area (Å²) in [6, 6.07) is 6.88. The lowest BCUT2D eigenvalue weighted by molar-refractivity contribution is -0.123. The molecule has 0 atom stereocenters. The topological polar surface area (TPSA) is 104 Å². The summed E-state index contributed by atoms with van der Waals surface area (Å²) in [6.45, 7) is -0.456. The van der Waals surface area contributed by atoms with Crippen molar-refractivity contribution in [3.05, 3.63) is 29.8 Å². The Hall–Kier alpha value is -1.92. The highest BCUT2D eigenvalue weighted by Crippen LogP contribution is 2.14. The number of rotatable bonds is 5. The van der Waals surface area contributed by atoms with E-state index in [0.29, 0.717) is 11.3 Å². The minimum absolute atomic E-state index is 0.143. The van der Waals surface area contributed by atoms with Gasteiger partial charge < -0.3 is 21.5 Å². The third kappa shape index (κ3) is 4.21. The first-order chi connectivity index (χ1) is 8.17. The quantitative estimate of drug-likeness (QED) is 0.537. The van der Waals surface area contributed by atoms with Gasteiger partial charge >= 0.3 is 0 Å². The molecule has 0 aliphatic heterocycles. The van der Waals surface area contributed by atoms with E-state index in [0.717, 1.165) is 0 Å². The van der Waals surface area contributed by atoms with Gasteiger partial charge in [0.25, 0.3) is 0 Å². The third-order valence-electron chi connectivity index (χ3n) is 2.09. The molecule has 0 radical (unpaired) electrons. The van der Waals surface area contributed by atoms with Crippen molar-refractivity contribution in [1.82, 2.24) is 5.32 Å². The average molecular weight is 237 g/mol. The molecule has 0 aliphatic carbocycles. The number of anilines is 1. The summed E-state index contributed by atoms with van der Waals surface area (Å²) in [4.78, 5) is 22.3. The highest BCUT2D eigenvalue weighted by molar-refractivity contribution is 5.95. The number of carbonyl (C=O) groups is 2. The summed E-state index contributed by atoms with van der Waals surface area (Å²) in [5.41, 5.74) is 6.23. The average Bonchev–Trinajstić information content (AvgIpc) is 2.36. The number of aliphatic hydroxyl groups excluding tert-OH is 1. The van der Waals surface area contributed by atoms with E-state index in [4.69, 9.17) is 10.8 Å². The van der Waals surface area contributed by atoms with Gasteiger partial charge in [-0.2, -0.15) is 0 Å². The fourth-order valence-electron chi connectivity index (χ4n) is 1.23. The van der Waals surface area contributed by atoms with E-state index in [9.17, 15) is 9.59 Å². The molecule has 0 fully saturated rings.